The zero-order valence-corrected chi connectivity index (χ0v) is 17.8. The van der Waals surface area contributed by atoms with Crippen molar-refractivity contribution in [2.24, 2.45) is 5.73 Å². The summed E-state index contributed by atoms with van der Waals surface area (Å²) in [5.74, 6) is 1.18. The summed E-state index contributed by atoms with van der Waals surface area (Å²) >= 11 is 0. The highest BCUT2D eigenvalue weighted by Crippen LogP contribution is 2.29. The second kappa shape index (κ2) is 12.6. The number of hydrogen-bond acceptors (Lipinski definition) is 5. The number of Topliss-reactive ketones (excluding diaryl/α,β-unsaturated/α-hetero) is 1. The zero-order chi connectivity index (χ0) is 19.6. The SMILES string of the molecule is CCCOc1ccc(C(=O)CCC(=O)N2CCCC(N)C2)cc1OCCC.Cl. The van der Waals surface area contributed by atoms with Gasteiger partial charge in [-0.2, -0.15) is 0 Å². The van der Waals surface area contributed by atoms with E-state index in [-0.39, 0.29) is 43.0 Å². The molecule has 2 rings (SSSR count). The van der Waals surface area contributed by atoms with E-state index >= 15 is 0 Å². The molecule has 6 nitrogen and oxygen atoms in total. The molecule has 1 amide bonds. The smallest absolute Gasteiger partial charge is 0.223 e. The predicted molar refractivity (Wildman–Crippen MR) is 113 cm³/mol. The molecule has 0 radical (unpaired) electrons. The molecule has 1 heterocycles. The van der Waals surface area contributed by atoms with E-state index in [0.717, 1.165) is 32.2 Å². The van der Waals surface area contributed by atoms with Crippen molar-refractivity contribution in [2.75, 3.05) is 26.3 Å². The van der Waals surface area contributed by atoms with Crippen molar-refractivity contribution in [2.45, 2.75) is 58.4 Å². The van der Waals surface area contributed by atoms with E-state index < -0.39 is 0 Å². The number of benzene rings is 1. The summed E-state index contributed by atoms with van der Waals surface area (Å²) in [5, 5.41) is 0. The van der Waals surface area contributed by atoms with Crippen LogP contribution >= 0.6 is 12.4 Å². The van der Waals surface area contributed by atoms with Crippen LogP contribution < -0.4 is 15.2 Å². The number of ether oxygens (including phenoxy) is 2. The number of likely N-dealkylation sites (tertiary alicyclic amines) is 1. The molecule has 1 saturated heterocycles. The van der Waals surface area contributed by atoms with E-state index in [9.17, 15) is 9.59 Å². The Balaban J connectivity index is 0.00000392. The van der Waals surface area contributed by atoms with Crippen LogP contribution in [0.5, 0.6) is 11.5 Å². The molecule has 0 aromatic heterocycles. The number of amides is 1. The van der Waals surface area contributed by atoms with Gasteiger partial charge in [0.15, 0.2) is 17.3 Å². The summed E-state index contributed by atoms with van der Waals surface area (Å²) in [4.78, 5) is 26.7. The number of ketones is 1. The lowest BCUT2D eigenvalue weighted by molar-refractivity contribution is -0.132. The normalized spacial score (nSPS) is 16.2. The molecule has 1 aliphatic rings. The Hall–Kier alpha value is -1.79. The first-order valence-electron chi connectivity index (χ1n) is 10.0. The molecule has 1 aliphatic heterocycles. The van der Waals surface area contributed by atoms with Crippen molar-refractivity contribution in [3.63, 3.8) is 0 Å². The molecule has 2 N–H and O–H groups in total. The van der Waals surface area contributed by atoms with Crippen molar-refractivity contribution in [3.05, 3.63) is 23.8 Å². The third kappa shape index (κ3) is 7.32. The minimum absolute atomic E-state index is 0. The number of halogens is 1. The summed E-state index contributed by atoms with van der Waals surface area (Å²) in [6.07, 6.45) is 4.06. The van der Waals surface area contributed by atoms with Gasteiger partial charge in [-0.15, -0.1) is 12.4 Å². The molecule has 0 aliphatic carbocycles. The average molecular weight is 413 g/mol. The predicted octanol–water partition coefficient (Wildman–Crippen LogP) is 3.60. The fraction of sp³-hybridized carbons (Fsp3) is 0.619. The standard InChI is InChI=1S/C21H32N2O4.ClH/c1-3-12-26-19-9-7-16(14-20(19)27-13-4-2)18(24)8-10-21(25)23-11-5-6-17(22)15-23;/h7,9,14,17H,3-6,8,10-13,15,22H2,1-2H3;1H. The van der Waals surface area contributed by atoms with Gasteiger partial charge in [0, 0.05) is 37.5 Å². The Morgan fingerprint density at radius 1 is 1.11 bits per heavy atom. The average Bonchev–Trinajstić information content (AvgIpc) is 2.68. The van der Waals surface area contributed by atoms with E-state index in [1.807, 2.05) is 13.8 Å². The third-order valence-corrected chi connectivity index (χ3v) is 4.57. The monoisotopic (exact) mass is 412 g/mol. The summed E-state index contributed by atoms with van der Waals surface area (Å²) in [6, 6.07) is 5.30. The van der Waals surface area contributed by atoms with Crippen LogP contribution in [0.15, 0.2) is 18.2 Å². The zero-order valence-electron chi connectivity index (χ0n) is 16.9. The van der Waals surface area contributed by atoms with Gasteiger partial charge in [-0.05, 0) is 43.9 Å². The minimum Gasteiger partial charge on any atom is -0.490 e. The van der Waals surface area contributed by atoms with Crippen LogP contribution in [0, 0.1) is 0 Å². The van der Waals surface area contributed by atoms with E-state index in [4.69, 9.17) is 15.2 Å². The molecule has 0 spiro atoms. The molecule has 1 atom stereocenters. The lowest BCUT2D eigenvalue weighted by Gasteiger charge is -2.30. The second-order valence-electron chi connectivity index (χ2n) is 7.02. The van der Waals surface area contributed by atoms with Gasteiger partial charge in [0.25, 0.3) is 0 Å². The lowest BCUT2D eigenvalue weighted by Crippen LogP contribution is -2.45. The first-order chi connectivity index (χ1) is 13.0. The largest absolute Gasteiger partial charge is 0.490 e. The Labute approximate surface area is 174 Å². The molecule has 1 unspecified atom stereocenters. The van der Waals surface area contributed by atoms with E-state index in [1.54, 1.807) is 23.1 Å². The maximum absolute atomic E-state index is 12.6. The highest BCUT2D eigenvalue weighted by molar-refractivity contribution is 5.98. The Morgan fingerprint density at radius 3 is 2.43 bits per heavy atom. The Morgan fingerprint density at radius 2 is 1.79 bits per heavy atom. The number of hydrogen-bond donors (Lipinski definition) is 1. The first kappa shape index (κ1) is 24.2. The number of rotatable bonds is 10. The van der Waals surface area contributed by atoms with E-state index in [1.165, 1.54) is 0 Å². The van der Waals surface area contributed by atoms with Crippen LogP contribution in [0.1, 0.15) is 62.7 Å². The minimum atomic E-state index is -0.0620. The molecule has 7 heteroatoms. The summed E-state index contributed by atoms with van der Waals surface area (Å²) in [5.41, 5.74) is 6.48. The molecule has 0 saturated carbocycles. The van der Waals surface area contributed by atoms with Crippen molar-refractivity contribution < 1.29 is 19.1 Å². The van der Waals surface area contributed by atoms with E-state index in [0.29, 0.717) is 36.8 Å². The van der Waals surface area contributed by atoms with Gasteiger partial charge < -0.3 is 20.1 Å². The second-order valence-corrected chi connectivity index (χ2v) is 7.02. The number of nitrogens with zero attached hydrogens (tertiary/aromatic N) is 1. The quantitative estimate of drug-likeness (QED) is 0.594. The summed E-state index contributed by atoms with van der Waals surface area (Å²) in [7, 11) is 0. The maximum Gasteiger partial charge on any atom is 0.223 e. The van der Waals surface area contributed by atoms with Crippen molar-refractivity contribution in [1.29, 1.82) is 0 Å². The van der Waals surface area contributed by atoms with Gasteiger partial charge in [0.1, 0.15) is 0 Å². The van der Waals surface area contributed by atoms with Gasteiger partial charge >= 0.3 is 0 Å². The number of carbonyl (C=O) groups excluding carboxylic acids is 2. The summed E-state index contributed by atoms with van der Waals surface area (Å²) < 4.78 is 11.4. The number of carbonyl (C=O) groups is 2. The molecule has 158 valence electrons. The number of piperidine rings is 1. The van der Waals surface area contributed by atoms with Crippen LogP contribution in [0.2, 0.25) is 0 Å². The van der Waals surface area contributed by atoms with Crippen LogP contribution in [0.3, 0.4) is 0 Å². The van der Waals surface area contributed by atoms with Crippen LogP contribution in [-0.2, 0) is 4.79 Å². The molecule has 0 bridgehead atoms. The first-order valence-corrected chi connectivity index (χ1v) is 10.0. The van der Waals surface area contributed by atoms with Crippen molar-refractivity contribution in [3.8, 4) is 11.5 Å². The Kier molecular flexibility index (Phi) is 10.9. The van der Waals surface area contributed by atoms with Crippen LogP contribution in [0.4, 0.5) is 0 Å². The molecular weight excluding hydrogens is 380 g/mol. The molecule has 1 fully saturated rings. The molecular formula is C21H33ClN2O4. The molecule has 1 aromatic carbocycles. The van der Waals surface area contributed by atoms with Gasteiger partial charge in [-0.3, -0.25) is 9.59 Å². The van der Waals surface area contributed by atoms with Crippen molar-refractivity contribution >= 4 is 24.1 Å². The van der Waals surface area contributed by atoms with Crippen molar-refractivity contribution in [1.82, 2.24) is 4.90 Å². The fourth-order valence-electron chi connectivity index (χ4n) is 3.10. The molecule has 28 heavy (non-hydrogen) atoms. The van der Waals surface area contributed by atoms with E-state index in [2.05, 4.69) is 0 Å². The Bertz CT molecular complexity index is 639. The van der Waals surface area contributed by atoms with Crippen LogP contribution in [0.25, 0.3) is 0 Å². The maximum atomic E-state index is 12.6. The highest BCUT2D eigenvalue weighted by Gasteiger charge is 2.22. The molecule has 1 aromatic rings. The van der Waals surface area contributed by atoms with Gasteiger partial charge in [0.05, 0.1) is 13.2 Å². The lowest BCUT2D eigenvalue weighted by atomic mass is 10.0. The fourth-order valence-corrected chi connectivity index (χ4v) is 3.10. The van der Waals surface area contributed by atoms with Gasteiger partial charge in [0.2, 0.25) is 5.91 Å². The number of nitrogens with two attached hydrogens (primary N) is 1. The highest BCUT2D eigenvalue weighted by atomic mass is 35.5. The third-order valence-electron chi connectivity index (χ3n) is 4.57. The summed E-state index contributed by atoms with van der Waals surface area (Å²) in [6.45, 7) is 6.55. The topological polar surface area (TPSA) is 81.9 Å². The van der Waals surface area contributed by atoms with Crippen LogP contribution in [-0.4, -0.2) is 48.9 Å². The van der Waals surface area contributed by atoms with Gasteiger partial charge in [-0.25, -0.2) is 0 Å². The van der Waals surface area contributed by atoms with Gasteiger partial charge in [-0.1, -0.05) is 13.8 Å².